The monoisotopic (exact) mass is 356 g/mol. The van der Waals surface area contributed by atoms with Gasteiger partial charge in [-0.05, 0) is 60.8 Å². The van der Waals surface area contributed by atoms with Gasteiger partial charge in [0.1, 0.15) is 6.61 Å². The van der Waals surface area contributed by atoms with Crippen molar-refractivity contribution in [2.24, 2.45) is 40.4 Å². The van der Waals surface area contributed by atoms with Crippen LogP contribution in [0.2, 0.25) is 0 Å². The molecule has 4 rings (SSSR count). The van der Waals surface area contributed by atoms with E-state index in [0.717, 1.165) is 25.7 Å². The van der Waals surface area contributed by atoms with Crippen molar-refractivity contribution >= 4 is 11.6 Å². The third-order valence-electron chi connectivity index (χ3n) is 8.50. The van der Waals surface area contributed by atoms with E-state index in [1.807, 2.05) is 6.08 Å². The molecule has 0 aromatic rings. The van der Waals surface area contributed by atoms with Crippen molar-refractivity contribution in [3.8, 4) is 0 Å². The van der Waals surface area contributed by atoms with E-state index in [1.54, 1.807) is 5.57 Å². The van der Waals surface area contributed by atoms with Gasteiger partial charge in [0.25, 0.3) is 0 Å². The number of rotatable bonds is 2. The second kappa shape index (κ2) is 5.89. The minimum atomic E-state index is -0.332. The number of ketones is 2. The Morgan fingerprint density at radius 2 is 1.96 bits per heavy atom. The van der Waals surface area contributed by atoms with E-state index in [2.05, 4.69) is 33.8 Å². The highest BCUT2D eigenvalue weighted by atomic mass is 16.3. The smallest absolute Gasteiger partial charge is 0.162 e. The van der Waals surface area contributed by atoms with E-state index < -0.39 is 0 Å². The molecule has 2 fully saturated rings. The zero-order valence-corrected chi connectivity index (χ0v) is 16.5. The second-order valence-electron chi connectivity index (χ2n) is 9.93. The van der Waals surface area contributed by atoms with Crippen molar-refractivity contribution < 1.29 is 14.7 Å². The molecule has 0 bridgehead atoms. The summed E-state index contributed by atoms with van der Waals surface area (Å²) in [6.45, 7) is 8.77. The summed E-state index contributed by atoms with van der Waals surface area (Å²) in [6, 6.07) is 0. The van der Waals surface area contributed by atoms with Crippen LogP contribution in [0.15, 0.2) is 23.3 Å². The molecule has 7 atom stereocenters. The van der Waals surface area contributed by atoms with Gasteiger partial charge < -0.3 is 5.11 Å². The molecule has 0 aromatic carbocycles. The van der Waals surface area contributed by atoms with Gasteiger partial charge in [0.15, 0.2) is 11.6 Å². The molecule has 3 nitrogen and oxygen atoms in total. The van der Waals surface area contributed by atoms with Gasteiger partial charge in [0.05, 0.1) is 0 Å². The van der Waals surface area contributed by atoms with Crippen LogP contribution in [0.3, 0.4) is 0 Å². The fourth-order valence-electron chi connectivity index (χ4n) is 7.42. The van der Waals surface area contributed by atoms with Crippen LogP contribution in [-0.2, 0) is 9.59 Å². The quantitative estimate of drug-likeness (QED) is 0.758. The van der Waals surface area contributed by atoms with E-state index in [9.17, 15) is 14.7 Å². The van der Waals surface area contributed by atoms with Gasteiger partial charge in [-0.15, -0.1) is 0 Å². The van der Waals surface area contributed by atoms with Crippen molar-refractivity contribution in [1.82, 2.24) is 0 Å². The number of carbonyl (C=O) groups excluding carboxylic acids is 2. The summed E-state index contributed by atoms with van der Waals surface area (Å²) in [6.07, 6.45) is 9.04. The molecule has 4 aliphatic rings. The average molecular weight is 357 g/mol. The van der Waals surface area contributed by atoms with E-state index in [-0.39, 0.29) is 34.9 Å². The Labute approximate surface area is 156 Å². The van der Waals surface area contributed by atoms with Crippen LogP contribution in [0.25, 0.3) is 0 Å². The summed E-state index contributed by atoms with van der Waals surface area (Å²) in [5.41, 5.74) is 2.88. The first kappa shape index (κ1) is 18.2. The molecule has 0 aliphatic heterocycles. The molecule has 1 N–H and O–H groups in total. The highest BCUT2D eigenvalue weighted by Gasteiger charge is 2.60. The number of fused-ring (bicyclic) bond motifs is 5. The lowest BCUT2D eigenvalue weighted by atomic mass is 9.49. The van der Waals surface area contributed by atoms with Crippen LogP contribution < -0.4 is 0 Å². The molecule has 3 heteroatoms. The van der Waals surface area contributed by atoms with Gasteiger partial charge in [-0.2, -0.15) is 0 Å². The molecule has 142 valence electrons. The molecular formula is C23H32O3. The number of allylic oxidation sites excluding steroid dienone is 4. The van der Waals surface area contributed by atoms with Crippen molar-refractivity contribution in [2.45, 2.75) is 59.8 Å². The predicted molar refractivity (Wildman–Crippen MR) is 101 cm³/mol. The summed E-state index contributed by atoms with van der Waals surface area (Å²) in [7, 11) is 0. The number of carbonyl (C=O) groups is 2. The molecule has 7 unspecified atom stereocenters. The normalized spacial score (nSPS) is 47.4. The van der Waals surface area contributed by atoms with Crippen molar-refractivity contribution in [2.75, 3.05) is 6.61 Å². The molecular weight excluding hydrogens is 324 g/mol. The fraction of sp³-hybridized carbons (Fsp3) is 0.739. The first-order chi connectivity index (χ1) is 12.2. The Kier molecular flexibility index (Phi) is 4.11. The van der Waals surface area contributed by atoms with E-state index in [0.29, 0.717) is 30.1 Å². The van der Waals surface area contributed by atoms with E-state index in [4.69, 9.17) is 0 Å². The maximum Gasteiger partial charge on any atom is 0.162 e. The second-order valence-corrected chi connectivity index (χ2v) is 9.93. The minimum Gasteiger partial charge on any atom is -0.389 e. The maximum atomic E-state index is 12.5. The molecule has 2 saturated carbocycles. The fourth-order valence-corrected chi connectivity index (χ4v) is 7.42. The lowest BCUT2D eigenvalue weighted by Gasteiger charge is -2.55. The Bertz CT molecular complexity index is 717. The van der Waals surface area contributed by atoms with Crippen LogP contribution in [0.1, 0.15) is 59.8 Å². The number of hydrogen-bond donors (Lipinski definition) is 1. The third-order valence-corrected chi connectivity index (χ3v) is 8.50. The maximum absolute atomic E-state index is 12.5. The van der Waals surface area contributed by atoms with Gasteiger partial charge in [-0.3, -0.25) is 9.59 Å². The Balaban J connectivity index is 1.77. The molecule has 0 spiro atoms. The zero-order valence-electron chi connectivity index (χ0n) is 16.5. The molecule has 0 saturated heterocycles. The molecule has 0 heterocycles. The van der Waals surface area contributed by atoms with Crippen molar-refractivity contribution in [3.05, 3.63) is 23.3 Å². The van der Waals surface area contributed by atoms with Gasteiger partial charge >= 0.3 is 0 Å². The highest BCUT2D eigenvalue weighted by molar-refractivity contribution is 5.92. The molecule has 26 heavy (non-hydrogen) atoms. The topological polar surface area (TPSA) is 54.4 Å². The van der Waals surface area contributed by atoms with Gasteiger partial charge in [0, 0.05) is 17.8 Å². The molecule has 0 amide bonds. The first-order valence-corrected chi connectivity index (χ1v) is 10.3. The molecule has 4 aliphatic carbocycles. The summed E-state index contributed by atoms with van der Waals surface area (Å²) in [5.74, 6) is 2.07. The largest absolute Gasteiger partial charge is 0.389 e. The Morgan fingerprint density at radius 3 is 2.65 bits per heavy atom. The Morgan fingerprint density at radius 1 is 1.23 bits per heavy atom. The van der Waals surface area contributed by atoms with Crippen LogP contribution in [0, 0.1) is 40.4 Å². The summed E-state index contributed by atoms with van der Waals surface area (Å²) < 4.78 is 0. The highest BCUT2D eigenvalue weighted by Crippen LogP contribution is 2.66. The van der Waals surface area contributed by atoms with Crippen LogP contribution in [0.4, 0.5) is 0 Å². The lowest BCUT2D eigenvalue weighted by Crippen LogP contribution is -2.47. The van der Waals surface area contributed by atoms with Crippen LogP contribution in [0.5, 0.6) is 0 Å². The summed E-state index contributed by atoms with van der Waals surface area (Å²) in [5, 5.41) is 9.51. The number of Topliss-reactive ketones (excluding diaryl/α,β-unsaturated/α-hetero) is 1. The average Bonchev–Trinajstić information content (AvgIpc) is 2.86. The van der Waals surface area contributed by atoms with Crippen molar-refractivity contribution in [3.63, 3.8) is 0 Å². The standard InChI is InChI=1S/C23H32O3/c1-13-9-16-17(22(3)7-5-15(25)11-18(13)22)6-8-23(4)19(16)10-14(2)21(23)20(26)12-24/h6,11,13-14,16,19,21,24H,5,7-10,12H2,1-4H3. The SMILES string of the molecule is CC1CC2C(=CCC3(C)C2CC(C)C3C(=O)CO)C2(C)CCC(=O)C=C12. The number of hydrogen-bond acceptors (Lipinski definition) is 3. The predicted octanol–water partition coefficient (Wildman–Crippen LogP) is 4.11. The van der Waals surface area contributed by atoms with Crippen molar-refractivity contribution in [1.29, 1.82) is 0 Å². The van der Waals surface area contributed by atoms with Gasteiger partial charge in [0.2, 0.25) is 0 Å². The summed E-state index contributed by atoms with van der Waals surface area (Å²) in [4.78, 5) is 24.6. The van der Waals surface area contributed by atoms with Crippen LogP contribution in [-0.4, -0.2) is 23.3 Å². The molecule has 0 aromatic heterocycles. The number of aliphatic hydroxyl groups is 1. The van der Waals surface area contributed by atoms with E-state index in [1.165, 1.54) is 5.57 Å². The van der Waals surface area contributed by atoms with Gasteiger partial charge in [-0.25, -0.2) is 0 Å². The summed E-state index contributed by atoms with van der Waals surface area (Å²) >= 11 is 0. The van der Waals surface area contributed by atoms with E-state index >= 15 is 0 Å². The third kappa shape index (κ3) is 2.28. The van der Waals surface area contributed by atoms with Gasteiger partial charge in [-0.1, -0.05) is 44.9 Å². The Hall–Kier alpha value is -1.22. The zero-order chi connectivity index (χ0) is 18.9. The minimum absolute atomic E-state index is 0.0247. The first-order valence-electron chi connectivity index (χ1n) is 10.3. The molecule has 0 radical (unpaired) electrons. The lowest BCUT2D eigenvalue weighted by molar-refractivity contribution is -0.131. The van der Waals surface area contributed by atoms with Crippen LogP contribution >= 0.6 is 0 Å². The number of aliphatic hydroxyl groups excluding tert-OH is 1.